The molecule has 4 heteroatoms. The second kappa shape index (κ2) is 3.06. The van der Waals surface area contributed by atoms with Gasteiger partial charge in [0.2, 0.25) is 10.9 Å². The third-order valence-corrected chi connectivity index (χ3v) is 2.10. The van der Waals surface area contributed by atoms with Gasteiger partial charge in [-0.15, -0.1) is 0 Å². The van der Waals surface area contributed by atoms with Crippen molar-refractivity contribution in [3.05, 3.63) is 50.5 Å². The van der Waals surface area contributed by atoms with E-state index in [1.165, 1.54) is 0 Å². The maximum absolute atomic E-state index is 11.1. The van der Waals surface area contributed by atoms with Gasteiger partial charge in [0, 0.05) is 23.6 Å². The van der Waals surface area contributed by atoms with E-state index in [0.29, 0.717) is 11.3 Å². The molecule has 0 atom stereocenters. The van der Waals surface area contributed by atoms with Crippen molar-refractivity contribution >= 4 is 11.4 Å². The number of hydrogen-bond acceptors (Lipinski definition) is 4. The molecule has 4 nitrogen and oxygen atoms in total. The van der Waals surface area contributed by atoms with Gasteiger partial charge in [-0.3, -0.25) is 14.6 Å². The highest BCUT2D eigenvalue weighted by Gasteiger charge is 2.16. The number of rotatable bonds is 2. The Morgan fingerprint density at radius 1 is 1.14 bits per heavy atom. The van der Waals surface area contributed by atoms with Gasteiger partial charge in [-0.05, 0) is 19.1 Å². The summed E-state index contributed by atoms with van der Waals surface area (Å²) in [5.74, 6) is 0. The summed E-state index contributed by atoms with van der Waals surface area (Å²) in [6.45, 7) is 1.63. The van der Waals surface area contributed by atoms with E-state index in [0.717, 1.165) is 5.69 Å². The molecule has 0 saturated heterocycles. The normalized spacial score (nSPS) is 10.4. The molecule has 70 valence electrons. The predicted octanol–water partition coefficient (Wildman–Crippen LogP) is 0.730. The van der Waals surface area contributed by atoms with Gasteiger partial charge in [-0.1, -0.05) is 0 Å². The van der Waals surface area contributed by atoms with Gasteiger partial charge in [-0.25, -0.2) is 0 Å². The molecule has 2 rings (SSSR count). The molecule has 1 N–H and O–H groups in total. The first-order valence-electron chi connectivity index (χ1n) is 4.17. The molecule has 1 aromatic carbocycles. The van der Waals surface area contributed by atoms with E-state index in [1.54, 1.807) is 31.5 Å². The van der Waals surface area contributed by atoms with Crippen LogP contribution in [-0.2, 0) is 0 Å². The fourth-order valence-electron chi connectivity index (χ4n) is 1.24. The lowest BCUT2D eigenvalue weighted by molar-refractivity contribution is 1.26. The molecule has 0 amide bonds. The standard InChI is InChI=1S/C10H8N2O2/c1-6-8(10(14)9(6)13)12-7-2-4-11-5-3-7/h2-5H,1H3,(H,11,12). The lowest BCUT2D eigenvalue weighted by Gasteiger charge is -2.09. The molecule has 2 aromatic rings. The lowest BCUT2D eigenvalue weighted by Crippen LogP contribution is -2.35. The quantitative estimate of drug-likeness (QED) is 0.706. The number of nitrogens with one attached hydrogen (secondary N) is 1. The Morgan fingerprint density at radius 3 is 2.36 bits per heavy atom. The van der Waals surface area contributed by atoms with Crippen molar-refractivity contribution in [2.45, 2.75) is 6.92 Å². The molecule has 1 aromatic heterocycles. The van der Waals surface area contributed by atoms with Crippen molar-refractivity contribution in [3.63, 3.8) is 0 Å². The topological polar surface area (TPSA) is 59.1 Å². The smallest absolute Gasteiger partial charge is 0.249 e. The average Bonchev–Trinajstić information content (AvgIpc) is 2.26. The van der Waals surface area contributed by atoms with Crippen molar-refractivity contribution < 1.29 is 0 Å². The summed E-state index contributed by atoms with van der Waals surface area (Å²) in [6, 6.07) is 3.46. The molecule has 0 saturated carbocycles. The van der Waals surface area contributed by atoms with Crippen molar-refractivity contribution in [1.29, 1.82) is 0 Å². The van der Waals surface area contributed by atoms with Gasteiger partial charge in [0.1, 0.15) is 0 Å². The van der Waals surface area contributed by atoms with Gasteiger partial charge < -0.3 is 5.32 Å². The Bertz CT molecular complexity index is 524. The SMILES string of the molecule is Cc1c(Nc2ccncc2)c(=O)c1=O. The molecule has 1 heterocycles. The van der Waals surface area contributed by atoms with Crippen LogP contribution >= 0.6 is 0 Å². The zero-order valence-electron chi connectivity index (χ0n) is 7.57. The van der Waals surface area contributed by atoms with Crippen LogP contribution in [0, 0.1) is 6.92 Å². The summed E-state index contributed by atoms with van der Waals surface area (Å²) in [5.41, 5.74) is 0.795. The lowest BCUT2D eigenvalue weighted by atomic mass is 10.1. The first-order valence-corrected chi connectivity index (χ1v) is 4.17. The molecule has 0 aliphatic heterocycles. The van der Waals surface area contributed by atoms with Crippen LogP contribution in [0.25, 0.3) is 0 Å². The number of pyridine rings is 1. The van der Waals surface area contributed by atoms with Crippen molar-refractivity contribution in [2.75, 3.05) is 5.32 Å². The van der Waals surface area contributed by atoms with E-state index in [1.807, 2.05) is 0 Å². The first-order chi connectivity index (χ1) is 6.70. The van der Waals surface area contributed by atoms with Gasteiger partial charge >= 0.3 is 0 Å². The second-order valence-corrected chi connectivity index (χ2v) is 3.02. The highest BCUT2D eigenvalue weighted by atomic mass is 16.2. The minimum Gasteiger partial charge on any atom is -0.352 e. The largest absolute Gasteiger partial charge is 0.352 e. The molecule has 0 aliphatic rings. The van der Waals surface area contributed by atoms with E-state index < -0.39 is 10.9 Å². The average molecular weight is 188 g/mol. The van der Waals surface area contributed by atoms with Crippen LogP contribution in [0.2, 0.25) is 0 Å². The van der Waals surface area contributed by atoms with Gasteiger partial charge in [0.25, 0.3) is 0 Å². The number of aromatic nitrogens is 1. The minimum atomic E-state index is -0.445. The fourth-order valence-corrected chi connectivity index (χ4v) is 1.24. The van der Waals surface area contributed by atoms with Crippen LogP contribution in [0.3, 0.4) is 0 Å². The number of nitrogens with zero attached hydrogens (tertiary/aromatic N) is 1. The van der Waals surface area contributed by atoms with Crippen molar-refractivity contribution in [3.8, 4) is 0 Å². The van der Waals surface area contributed by atoms with Crippen molar-refractivity contribution in [1.82, 2.24) is 4.98 Å². The molecular formula is C10H8N2O2. The van der Waals surface area contributed by atoms with Crippen LogP contribution < -0.4 is 16.2 Å². The highest BCUT2D eigenvalue weighted by Crippen LogP contribution is 2.13. The Hall–Kier alpha value is -1.97. The van der Waals surface area contributed by atoms with Crippen LogP contribution in [0.5, 0.6) is 0 Å². The molecule has 0 radical (unpaired) electrons. The van der Waals surface area contributed by atoms with Gasteiger partial charge in [0.15, 0.2) is 0 Å². The summed E-state index contributed by atoms with van der Waals surface area (Å²) in [5, 5.41) is 2.88. The summed E-state index contributed by atoms with van der Waals surface area (Å²) < 4.78 is 0. The van der Waals surface area contributed by atoms with E-state index in [4.69, 9.17) is 0 Å². The number of hydrogen-bond donors (Lipinski definition) is 1. The molecule has 0 unspecified atom stereocenters. The monoisotopic (exact) mass is 188 g/mol. The van der Waals surface area contributed by atoms with Crippen LogP contribution in [0.15, 0.2) is 34.1 Å². The Morgan fingerprint density at radius 2 is 1.79 bits per heavy atom. The summed E-state index contributed by atoms with van der Waals surface area (Å²) in [6.07, 6.45) is 3.23. The van der Waals surface area contributed by atoms with Crippen LogP contribution in [0.1, 0.15) is 5.56 Å². The zero-order valence-corrected chi connectivity index (χ0v) is 7.57. The van der Waals surface area contributed by atoms with Crippen molar-refractivity contribution in [2.24, 2.45) is 0 Å². The van der Waals surface area contributed by atoms with Crippen LogP contribution in [0.4, 0.5) is 11.4 Å². The maximum Gasteiger partial charge on any atom is 0.249 e. The molecule has 0 bridgehead atoms. The van der Waals surface area contributed by atoms with E-state index in [2.05, 4.69) is 10.3 Å². The molecule has 0 spiro atoms. The molecule has 0 fully saturated rings. The minimum absolute atomic E-state index is 0.390. The van der Waals surface area contributed by atoms with E-state index in [9.17, 15) is 9.59 Å². The van der Waals surface area contributed by atoms with E-state index >= 15 is 0 Å². The summed E-state index contributed by atoms with van der Waals surface area (Å²) >= 11 is 0. The molecule has 14 heavy (non-hydrogen) atoms. The summed E-state index contributed by atoms with van der Waals surface area (Å²) in [4.78, 5) is 25.8. The van der Waals surface area contributed by atoms with Gasteiger partial charge in [-0.2, -0.15) is 0 Å². The third kappa shape index (κ3) is 1.21. The maximum atomic E-state index is 11.1. The Balaban J connectivity index is 2.30. The predicted molar refractivity (Wildman–Crippen MR) is 53.6 cm³/mol. The number of anilines is 2. The second-order valence-electron chi connectivity index (χ2n) is 3.02. The Labute approximate surface area is 79.9 Å². The molecule has 0 aliphatic carbocycles. The third-order valence-electron chi connectivity index (χ3n) is 2.10. The first kappa shape index (κ1) is 8.62. The molecular weight excluding hydrogens is 180 g/mol. The van der Waals surface area contributed by atoms with E-state index in [-0.39, 0.29) is 0 Å². The van der Waals surface area contributed by atoms with Crippen LogP contribution in [-0.4, -0.2) is 4.98 Å². The highest BCUT2D eigenvalue weighted by molar-refractivity contribution is 5.65. The summed E-state index contributed by atoms with van der Waals surface area (Å²) in [7, 11) is 0. The Kier molecular flexibility index (Phi) is 1.89. The zero-order chi connectivity index (χ0) is 10.1. The fraction of sp³-hybridized carbons (Fsp3) is 0.100. The van der Waals surface area contributed by atoms with Gasteiger partial charge in [0.05, 0.1) is 5.69 Å².